The number of rotatable bonds is 2. The Labute approximate surface area is 106 Å². The third-order valence-electron chi connectivity index (χ3n) is 2.98. The van der Waals surface area contributed by atoms with Crippen molar-refractivity contribution in [3.05, 3.63) is 21.9 Å². The van der Waals surface area contributed by atoms with Gasteiger partial charge in [-0.3, -0.25) is 9.69 Å². The van der Waals surface area contributed by atoms with Gasteiger partial charge in [0.05, 0.1) is 0 Å². The second kappa shape index (κ2) is 4.42. The van der Waals surface area contributed by atoms with Gasteiger partial charge in [0.15, 0.2) is 0 Å². The predicted molar refractivity (Wildman–Crippen MR) is 69.4 cm³/mol. The van der Waals surface area contributed by atoms with Gasteiger partial charge in [0, 0.05) is 18.0 Å². The molecule has 1 N–H and O–H groups in total. The maximum atomic E-state index is 11.5. The van der Waals surface area contributed by atoms with Crippen LogP contribution in [0.1, 0.15) is 37.3 Å². The van der Waals surface area contributed by atoms with Crippen LogP contribution in [0.2, 0.25) is 0 Å². The standard InChI is InChI=1S/C13H19NO2S/c1-13(2,3)8-14-6-4-10-9(5-7-17-10)11(14)12(15)16/h5,7,11H,4,6,8H2,1-3H3,(H,15,16). The highest BCUT2D eigenvalue weighted by Gasteiger charge is 2.35. The van der Waals surface area contributed by atoms with E-state index in [0.29, 0.717) is 0 Å². The van der Waals surface area contributed by atoms with Gasteiger partial charge in [-0.25, -0.2) is 0 Å². The molecule has 1 atom stereocenters. The summed E-state index contributed by atoms with van der Waals surface area (Å²) >= 11 is 1.68. The molecule has 2 rings (SSSR count). The number of carboxylic acid groups (broad SMARTS) is 1. The van der Waals surface area contributed by atoms with E-state index in [1.165, 1.54) is 4.88 Å². The largest absolute Gasteiger partial charge is 0.480 e. The van der Waals surface area contributed by atoms with Gasteiger partial charge in [-0.1, -0.05) is 20.8 Å². The van der Waals surface area contributed by atoms with Crippen molar-refractivity contribution in [3.63, 3.8) is 0 Å². The molecule has 17 heavy (non-hydrogen) atoms. The second-order valence-electron chi connectivity index (χ2n) is 5.82. The first-order valence-electron chi connectivity index (χ1n) is 5.91. The van der Waals surface area contributed by atoms with Crippen LogP contribution >= 0.6 is 11.3 Å². The Balaban J connectivity index is 2.28. The smallest absolute Gasteiger partial charge is 0.325 e. The molecule has 1 unspecified atom stereocenters. The fourth-order valence-electron chi connectivity index (χ4n) is 2.44. The zero-order valence-corrected chi connectivity index (χ0v) is 11.4. The summed E-state index contributed by atoms with van der Waals surface area (Å²) < 4.78 is 0. The molecule has 1 aliphatic heterocycles. The van der Waals surface area contributed by atoms with Gasteiger partial charge in [-0.15, -0.1) is 11.3 Å². The van der Waals surface area contributed by atoms with Crippen LogP contribution in [0.15, 0.2) is 11.4 Å². The van der Waals surface area contributed by atoms with Crippen molar-refractivity contribution in [3.8, 4) is 0 Å². The molecule has 0 saturated heterocycles. The Morgan fingerprint density at radius 2 is 2.29 bits per heavy atom. The summed E-state index contributed by atoms with van der Waals surface area (Å²) in [5, 5.41) is 11.4. The summed E-state index contributed by atoms with van der Waals surface area (Å²) in [6.07, 6.45) is 0.979. The average Bonchev–Trinajstić information content (AvgIpc) is 2.61. The van der Waals surface area contributed by atoms with E-state index in [0.717, 1.165) is 25.1 Å². The molecule has 1 aromatic rings. The highest BCUT2D eigenvalue weighted by atomic mass is 32.1. The van der Waals surface area contributed by atoms with Crippen LogP contribution in [0.3, 0.4) is 0 Å². The molecule has 0 bridgehead atoms. The van der Waals surface area contributed by atoms with Crippen molar-refractivity contribution in [2.45, 2.75) is 33.2 Å². The lowest BCUT2D eigenvalue weighted by Gasteiger charge is -2.37. The SMILES string of the molecule is CC(C)(C)CN1CCc2sccc2C1C(=O)O. The average molecular weight is 253 g/mol. The molecule has 1 aromatic heterocycles. The molecule has 0 fully saturated rings. The van der Waals surface area contributed by atoms with Crippen LogP contribution in [0.4, 0.5) is 0 Å². The van der Waals surface area contributed by atoms with Gasteiger partial charge in [0.25, 0.3) is 0 Å². The number of hydrogen-bond donors (Lipinski definition) is 1. The molecule has 3 nitrogen and oxygen atoms in total. The number of fused-ring (bicyclic) bond motifs is 1. The Bertz CT molecular complexity index is 419. The summed E-state index contributed by atoms with van der Waals surface area (Å²) in [5.74, 6) is -0.728. The first-order valence-corrected chi connectivity index (χ1v) is 6.79. The highest BCUT2D eigenvalue weighted by molar-refractivity contribution is 7.10. The minimum absolute atomic E-state index is 0.126. The normalized spacial score (nSPS) is 21.2. The van der Waals surface area contributed by atoms with E-state index in [4.69, 9.17) is 0 Å². The van der Waals surface area contributed by atoms with Gasteiger partial charge in [0.2, 0.25) is 0 Å². The molecule has 94 valence electrons. The third-order valence-corrected chi connectivity index (χ3v) is 3.97. The minimum atomic E-state index is -0.728. The quantitative estimate of drug-likeness (QED) is 0.881. The third kappa shape index (κ3) is 2.69. The monoisotopic (exact) mass is 253 g/mol. The second-order valence-corrected chi connectivity index (χ2v) is 6.82. The van der Waals surface area contributed by atoms with Gasteiger partial charge in [-0.2, -0.15) is 0 Å². The number of nitrogens with zero attached hydrogens (tertiary/aromatic N) is 1. The highest BCUT2D eigenvalue weighted by Crippen LogP contribution is 2.35. The van der Waals surface area contributed by atoms with E-state index < -0.39 is 12.0 Å². The fourth-order valence-corrected chi connectivity index (χ4v) is 3.34. The maximum absolute atomic E-state index is 11.5. The van der Waals surface area contributed by atoms with Gasteiger partial charge < -0.3 is 5.11 Å². The van der Waals surface area contributed by atoms with Gasteiger partial charge in [-0.05, 0) is 28.8 Å². The van der Waals surface area contributed by atoms with Crippen molar-refractivity contribution in [2.75, 3.05) is 13.1 Å². The summed E-state index contributed by atoms with van der Waals surface area (Å²) in [6.45, 7) is 8.11. The number of thiophene rings is 1. The maximum Gasteiger partial charge on any atom is 0.325 e. The number of aliphatic carboxylic acids is 1. The van der Waals surface area contributed by atoms with Crippen LogP contribution < -0.4 is 0 Å². The summed E-state index contributed by atoms with van der Waals surface area (Å²) in [7, 11) is 0. The lowest BCUT2D eigenvalue weighted by Crippen LogP contribution is -2.43. The van der Waals surface area contributed by atoms with Crippen LogP contribution in [-0.2, 0) is 11.2 Å². The van der Waals surface area contributed by atoms with Crippen molar-refractivity contribution in [2.24, 2.45) is 5.41 Å². The number of hydrogen-bond acceptors (Lipinski definition) is 3. The molecule has 0 spiro atoms. The number of carbonyl (C=O) groups is 1. The Morgan fingerprint density at radius 1 is 1.59 bits per heavy atom. The van der Waals surface area contributed by atoms with E-state index in [1.54, 1.807) is 11.3 Å². The molecule has 0 aromatic carbocycles. The van der Waals surface area contributed by atoms with Crippen LogP contribution in [-0.4, -0.2) is 29.1 Å². The van der Waals surface area contributed by atoms with Crippen molar-refractivity contribution in [1.82, 2.24) is 4.90 Å². The van der Waals surface area contributed by atoms with E-state index in [2.05, 4.69) is 25.7 Å². The van der Waals surface area contributed by atoms with Crippen LogP contribution in [0.25, 0.3) is 0 Å². The lowest BCUT2D eigenvalue weighted by molar-refractivity contribution is -0.144. The first kappa shape index (κ1) is 12.6. The molecule has 2 heterocycles. The fraction of sp³-hybridized carbons (Fsp3) is 0.615. The zero-order chi connectivity index (χ0) is 12.6. The molecule has 0 radical (unpaired) electrons. The molecular formula is C13H19NO2S. The Morgan fingerprint density at radius 3 is 2.88 bits per heavy atom. The van der Waals surface area contributed by atoms with Crippen molar-refractivity contribution in [1.29, 1.82) is 0 Å². The first-order chi connectivity index (χ1) is 7.88. The molecular weight excluding hydrogens is 234 g/mol. The predicted octanol–water partition coefficient (Wildman–Crippen LogP) is 2.78. The lowest BCUT2D eigenvalue weighted by atomic mass is 9.92. The topological polar surface area (TPSA) is 40.5 Å². The molecule has 0 saturated carbocycles. The van der Waals surface area contributed by atoms with E-state index in [9.17, 15) is 9.90 Å². The summed E-state index contributed by atoms with van der Waals surface area (Å²) in [5.41, 5.74) is 1.12. The van der Waals surface area contributed by atoms with E-state index >= 15 is 0 Å². The Kier molecular flexibility index (Phi) is 3.27. The molecule has 0 aliphatic carbocycles. The van der Waals surface area contributed by atoms with Gasteiger partial charge in [0.1, 0.15) is 6.04 Å². The Hall–Kier alpha value is -0.870. The number of carboxylic acids is 1. The minimum Gasteiger partial charge on any atom is -0.480 e. The van der Waals surface area contributed by atoms with E-state index in [1.807, 2.05) is 11.4 Å². The van der Waals surface area contributed by atoms with Crippen LogP contribution in [0, 0.1) is 5.41 Å². The molecule has 0 amide bonds. The van der Waals surface area contributed by atoms with E-state index in [-0.39, 0.29) is 5.41 Å². The molecule has 1 aliphatic rings. The summed E-state index contributed by atoms with van der Waals surface area (Å²) in [4.78, 5) is 14.8. The van der Waals surface area contributed by atoms with Crippen molar-refractivity contribution < 1.29 is 9.90 Å². The van der Waals surface area contributed by atoms with Crippen molar-refractivity contribution >= 4 is 17.3 Å². The zero-order valence-electron chi connectivity index (χ0n) is 10.6. The summed E-state index contributed by atoms with van der Waals surface area (Å²) in [6, 6.07) is 1.51. The van der Waals surface area contributed by atoms with Crippen LogP contribution in [0.5, 0.6) is 0 Å². The van der Waals surface area contributed by atoms with Gasteiger partial charge >= 0.3 is 5.97 Å². The molecule has 4 heteroatoms.